The van der Waals surface area contributed by atoms with Crippen molar-refractivity contribution in [3.05, 3.63) is 84.4 Å². The van der Waals surface area contributed by atoms with E-state index in [1.807, 2.05) is 67.6 Å². The minimum atomic E-state index is -0.423. The number of hydrogen-bond donors (Lipinski definition) is 0. The molecule has 0 aliphatic carbocycles. The number of rotatable bonds is 9. The standard InChI is InChI=1S/C22H24O3Si/c1-2-24-19-11-13-22(14-12-19)26-17-23-16-18-7-6-10-21(15-18)25-20-8-4-3-5-9-20/h3-15H,2,16-17,26H2,1H3. The lowest BCUT2D eigenvalue weighted by atomic mass is 10.2. The van der Waals surface area contributed by atoms with Crippen LogP contribution < -0.4 is 14.7 Å². The van der Waals surface area contributed by atoms with Gasteiger partial charge in [-0.05, 0) is 48.9 Å². The van der Waals surface area contributed by atoms with Crippen molar-refractivity contribution in [3.63, 3.8) is 0 Å². The lowest BCUT2D eigenvalue weighted by Gasteiger charge is -2.09. The van der Waals surface area contributed by atoms with Crippen molar-refractivity contribution < 1.29 is 14.2 Å². The van der Waals surface area contributed by atoms with Crippen molar-refractivity contribution in [3.8, 4) is 17.2 Å². The summed E-state index contributed by atoms with van der Waals surface area (Å²) < 4.78 is 17.2. The van der Waals surface area contributed by atoms with Crippen LogP contribution in [0.2, 0.25) is 0 Å². The molecule has 0 aliphatic rings. The van der Waals surface area contributed by atoms with E-state index in [0.717, 1.165) is 29.0 Å². The zero-order chi connectivity index (χ0) is 18.0. The molecule has 0 amide bonds. The van der Waals surface area contributed by atoms with Gasteiger partial charge < -0.3 is 14.2 Å². The number of para-hydroxylation sites is 1. The Morgan fingerprint density at radius 2 is 1.54 bits per heavy atom. The van der Waals surface area contributed by atoms with Gasteiger partial charge in [-0.1, -0.05) is 47.7 Å². The molecule has 3 aromatic carbocycles. The van der Waals surface area contributed by atoms with E-state index in [0.29, 0.717) is 13.2 Å². The maximum atomic E-state index is 5.88. The van der Waals surface area contributed by atoms with Crippen molar-refractivity contribution in [2.45, 2.75) is 13.5 Å². The summed E-state index contributed by atoms with van der Waals surface area (Å²) in [7, 11) is -0.423. The van der Waals surface area contributed by atoms with Crippen LogP contribution in [0.25, 0.3) is 0 Å². The molecule has 0 aliphatic heterocycles. The molecule has 3 nitrogen and oxygen atoms in total. The number of benzene rings is 3. The molecule has 0 saturated heterocycles. The van der Waals surface area contributed by atoms with E-state index in [-0.39, 0.29) is 0 Å². The third-order valence-electron chi connectivity index (χ3n) is 3.92. The average molecular weight is 365 g/mol. The molecule has 26 heavy (non-hydrogen) atoms. The van der Waals surface area contributed by atoms with Crippen LogP contribution in [0.4, 0.5) is 0 Å². The van der Waals surface area contributed by atoms with Crippen LogP contribution in [0.5, 0.6) is 17.2 Å². The van der Waals surface area contributed by atoms with E-state index in [1.54, 1.807) is 0 Å². The Kier molecular flexibility index (Phi) is 6.87. The van der Waals surface area contributed by atoms with Gasteiger partial charge in [0, 0.05) is 6.23 Å². The van der Waals surface area contributed by atoms with Crippen LogP contribution >= 0.6 is 0 Å². The van der Waals surface area contributed by atoms with Gasteiger partial charge in [0.05, 0.1) is 22.7 Å². The van der Waals surface area contributed by atoms with Gasteiger partial charge in [-0.3, -0.25) is 0 Å². The van der Waals surface area contributed by atoms with Gasteiger partial charge in [0.2, 0.25) is 0 Å². The minimum absolute atomic E-state index is 0.423. The van der Waals surface area contributed by atoms with Gasteiger partial charge in [0.15, 0.2) is 0 Å². The van der Waals surface area contributed by atoms with E-state index in [4.69, 9.17) is 14.2 Å². The zero-order valence-electron chi connectivity index (χ0n) is 15.1. The summed E-state index contributed by atoms with van der Waals surface area (Å²) in [5.41, 5.74) is 1.12. The third-order valence-corrected chi connectivity index (χ3v) is 5.46. The summed E-state index contributed by atoms with van der Waals surface area (Å²) in [6.07, 6.45) is 0.817. The monoisotopic (exact) mass is 364 g/mol. The molecule has 0 unspecified atom stereocenters. The fourth-order valence-electron chi connectivity index (χ4n) is 2.62. The van der Waals surface area contributed by atoms with Gasteiger partial charge in [-0.25, -0.2) is 0 Å². The van der Waals surface area contributed by atoms with Crippen molar-refractivity contribution in [2.24, 2.45) is 0 Å². The molecule has 0 saturated carbocycles. The molecule has 3 aromatic rings. The lowest BCUT2D eigenvalue weighted by Crippen LogP contribution is -2.19. The Hall–Kier alpha value is -2.56. The van der Waals surface area contributed by atoms with Crippen molar-refractivity contribution in [2.75, 3.05) is 12.8 Å². The molecule has 0 fully saturated rings. The van der Waals surface area contributed by atoms with Crippen molar-refractivity contribution in [1.82, 2.24) is 0 Å². The topological polar surface area (TPSA) is 27.7 Å². The van der Waals surface area contributed by atoms with Crippen LogP contribution in [-0.4, -0.2) is 22.4 Å². The molecule has 0 heterocycles. The highest BCUT2D eigenvalue weighted by Gasteiger charge is 2.01. The van der Waals surface area contributed by atoms with Gasteiger partial charge in [-0.15, -0.1) is 0 Å². The number of ether oxygens (including phenoxy) is 3. The second-order valence-electron chi connectivity index (χ2n) is 5.94. The second-order valence-corrected chi connectivity index (χ2v) is 7.67. The molecule has 0 atom stereocenters. The fraction of sp³-hybridized carbons (Fsp3) is 0.182. The van der Waals surface area contributed by atoms with E-state index < -0.39 is 9.52 Å². The van der Waals surface area contributed by atoms with E-state index in [9.17, 15) is 0 Å². The van der Waals surface area contributed by atoms with Gasteiger partial charge in [0.1, 0.15) is 17.2 Å². The Balaban J connectivity index is 1.45. The first kappa shape index (κ1) is 18.2. The van der Waals surface area contributed by atoms with Crippen LogP contribution in [0.1, 0.15) is 12.5 Å². The van der Waals surface area contributed by atoms with Gasteiger partial charge in [-0.2, -0.15) is 0 Å². The molecular weight excluding hydrogens is 340 g/mol. The molecule has 0 aromatic heterocycles. The Morgan fingerprint density at radius 1 is 0.769 bits per heavy atom. The smallest absolute Gasteiger partial charge is 0.127 e. The predicted molar refractivity (Wildman–Crippen MR) is 108 cm³/mol. The Labute approximate surface area is 157 Å². The molecule has 0 bridgehead atoms. The zero-order valence-corrected chi connectivity index (χ0v) is 16.5. The average Bonchev–Trinajstić information content (AvgIpc) is 2.68. The van der Waals surface area contributed by atoms with E-state index >= 15 is 0 Å². The predicted octanol–water partition coefficient (Wildman–Crippen LogP) is 3.85. The molecule has 4 heteroatoms. The highest BCUT2D eigenvalue weighted by molar-refractivity contribution is 6.53. The minimum Gasteiger partial charge on any atom is -0.494 e. The lowest BCUT2D eigenvalue weighted by molar-refractivity contribution is 0.164. The molecular formula is C22H24O3Si. The summed E-state index contributed by atoms with van der Waals surface area (Å²) in [5.74, 6) is 2.61. The summed E-state index contributed by atoms with van der Waals surface area (Å²) in [6, 6.07) is 26.2. The summed E-state index contributed by atoms with van der Waals surface area (Å²) >= 11 is 0. The normalized spacial score (nSPS) is 11.0. The highest BCUT2D eigenvalue weighted by atomic mass is 28.2. The Morgan fingerprint density at radius 3 is 2.31 bits per heavy atom. The first-order chi connectivity index (χ1) is 12.8. The molecule has 3 rings (SSSR count). The second kappa shape index (κ2) is 9.80. The maximum Gasteiger partial charge on any atom is 0.127 e. The first-order valence-electron chi connectivity index (χ1n) is 8.95. The molecule has 0 N–H and O–H groups in total. The van der Waals surface area contributed by atoms with E-state index in [1.165, 1.54) is 5.19 Å². The fourth-order valence-corrected chi connectivity index (χ4v) is 3.72. The molecule has 134 valence electrons. The summed E-state index contributed by atoms with van der Waals surface area (Å²) in [5, 5.41) is 1.38. The van der Waals surface area contributed by atoms with Crippen LogP contribution in [0.15, 0.2) is 78.9 Å². The van der Waals surface area contributed by atoms with E-state index in [2.05, 4.69) is 18.2 Å². The first-order valence-corrected chi connectivity index (χ1v) is 10.7. The van der Waals surface area contributed by atoms with Gasteiger partial charge >= 0.3 is 0 Å². The van der Waals surface area contributed by atoms with Crippen molar-refractivity contribution >= 4 is 14.7 Å². The molecule has 0 spiro atoms. The van der Waals surface area contributed by atoms with Gasteiger partial charge in [0.25, 0.3) is 0 Å². The summed E-state index contributed by atoms with van der Waals surface area (Å²) in [4.78, 5) is 0. The van der Waals surface area contributed by atoms with Crippen LogP contribution in [-0.2, 0) is 11.3 Å². The molecule has 0 radical (unpaired) electrons. The SMILES string of the molecule is CCOc1ccc([SiH2]COCc2cccc(Oc3ccccc3)c2)cc1. The Bertz CT molecular complexity index is 788. The maximum absolute atomic E-state index is 5.88. The quantitative estimate of drug-likeness (QED) is 0.426. The van der Waals surface area contributed by atoms with Crippen LogP contribution in [0, 0.1) is 0 Å². The largest absolute Gasteiger partial charge is 0.494 e. The summed E-state index contributed by atoms with van der Waals surface area (Å²) in [6.45, 7) is 3.30. The highest BCUT2D eigenvalue weighted by Crippen LogP contribution is 2.22. The van der Waals surface area contributed by atoms with Crippen LogP contribution in [0.3, 0.4) is 0 Å². The number of hydrogen-bond acceptors (Lipinski definition) is 3. The van der Waals surface area contributed by atoms with Crippen molar-refractivity contribution in [1.29, 1.82) is 0 Å². The third kappa shape index (κ3) is 5.76.